The van der Waals surface area contributed by atoms with E-state index < -0.39 is 0 Å². The summed E-state index contributed by atoms with van der Waals surface area (Å²) in [6.07, 6.45) is 0.375. The molecule has 0 spiro atoms. The van der Waals surface area contributed by atoms with Crippen LogP contribution in [0.3, 0.4) is 0 Å². The van der Waals surface area contributed by atoms with Gasteiger partial charge in [-0.3, -0.25) is 4.79 Å². The number of benzene rings is 2. The van der Waals surface area contributed by atoms with E-state index in [9.17, 15) is 4.79 Å². The highest BCUT2D eigenvalue weighted by Crippen LogP contribution is 2.37. The summed E-state index contributed by atoms with van der Waals surface area (Å²) >= 11 is 0. The van der Waals surface area contributed by atoms with Crippen molar-refractivity contribution in [3.05, 3.63) is 60.0 Å². The number of amides is 1. The molecule has 2 atom stereocenters. The van der Waals surface area contributed by atoms with E-state index in [2.05, 4.69) is 10.1 Å². The van der Waals surface area contributed by atoms with Crippen molar-refractivity contribution < 1.29 is 18.8 Å². The topological polar surface area (TPSA) is 77.7 Å². The molecule has 7 heteroatoms. The molecule has 28 heavy (non-hydrogen) atoms. The Balaban J connectivity index is 1.34. The van der Waals surface area contributed by atoms with E-state index in [4.69, 9.17) is 14.0 Å². The van der Waals surface area contributed by atoms with Crippen molar-refractivity contribution in [1.29, 1.82) is 0 Å². The van der Waals surface area contributed by atoms with Gasteiger partial charge < -0.3 is 18.9 Å². The quantitative estimate of drug-likeness (QED) is 0.692. The van der Waals surface area contributed by atoms with Crippen molar-refractivity contribution in [1.82, 2.24) is 15.0 Å². The van der Waals surface area contributed by atoms with Crippen molar-refractivity contribution in [2.24, 2.45) is 0 Å². The molecule has 7 nitrogen and oxygen atoms in total. The van der Waals surface area contributed by atoms with Gasteiger partial charge >= 0.3 is 0 Å². The molecular formula is C21H19N3O4. The van der Waals surface area contributed by atoms with Crippen LogP contribution in [-0.4, -0.2) is 34.3 Å². The van der Waals surface area contributed by atoms with Gasteiger partial charge in [0.25, 0.3) is 0 Å². The number of carbonyl (C=O) groups excluding carboxylic acids is 1. The lowest BCUT2D eigenvalue weighted by Gasteiger charge is -2.24. The number of aromatic nitrogens is 2. The third kappa shape index (κ3) is 2.89. The predicted molar refractivity (Wildman–Crippen MR) is 99.8 cm³/mol. The molecule has 0 saturated carbocycles. The molecule has 0 aliphatic carbocycles. The van der Waals surface area contributed by atoms with E-state index in [1.165, 1.54) is 0 Å². The third-order valence-corrected chi connectivity index (χ3v) is 5.33. The summed E-state index contributed by atoms with van der Waals surface area (Å²) in [5, 5.41) is 4.10. The molecule has 2 aliphatic rings. The van der Waals surface area contributed by atoms with E-state index in [1.807, 2.05) is 60.4 Å². The lowest BCUT2D eigenvalue weighted by Crippen LogP contribution is -2.28. The normalized spacial score (nSPS) is 19.2. The van der Waals surface area contributed by atoms with Gasteiger partial charge in [0.2, 0.25) is 24.4 Å². The standard InChI is InChI=1S/C21H19N3O4/c1-13(14-5-3-2-4-6-14)24-11-16(10-19(24)25)21-22-20(23-28-21)15-7-8-17-18(9-15)27-12-26-17/h2-9,13,16H,10-12H2,1H3. The van der Waals surface area contributed by atoms with E-state index >= 15 is 0 Å². The Hall–Kier alpha value is -3.35. The van der Waals surface area contributed by atoms with Crippen LogP contribution in [0.4, 0.5) is 0 Å². The van der Waals surface area contributed by atoms with E-state index in [0.29, 0.717) is 36.2 Å². The van der Waals surface area contributed by atoms with E-state index in [-0.39, 0.29) is 24.7 Å². The van der Waals surface area contributed by atoms with Gasteiger partial charge in [0.15, 0.2) is 11.5 Å². The van der Waals surface area contributed by atoms with Crippen LogP contribution in [-0.2, 0) is 4.79 Å². The first-order valence-electron chi connectivity index (χ1n) is 9.27. The number of fused-ring (bicyclic) bond motifs is 1. The zero-order valence-corrected chi connectivity index (χ0v) is 15.4. The van der Waals surface area contributed by atoms with Crippen LogP contribution >= 0.6 is 0 Å². The van der Waals surface area contributed by atoms with Crippen molar-refractivity contribution in [3.8, 4) is 22.9 Å². The average molecular weight is 377 g/mol. The summed E-state index contributed by atoms with van der Waals surface area (Å²) in [6.45, 7) is 2.83. The first-order chi connectivity index (χ1) is 13.7. The number of likely N-dealkylation sites (tertiary alicyclic amines) is 1. The molecule has 3 heterocycles. The predicted octanol–water partition coefficient (Wildman–Crippen LogP) is 3.54. The Morgan fingerprint density at radius 1 is 1.11 bits per heavy atom. The monoisotopic (exact) mass is 377 g/mol. The Kier molecular flexibility index (Phi) is 4.00. The molecule has 1 saturated heterocycles. The van der Waals surface area contributed by atoms with Gasteiger partial charge in [0.1, 0.15) is 0 Å². The summed E-state index contributed by atoms with van der Waals surface area (Å²) in [6, 6.07) is 15.6. The Labute approximate surface area is 161 Å². The van der Waals surface area contributed by atoms with Crippen molar-refractivity contribution in [2.75, 3.05) is 13.3 Å². The second-order valence-electron chi connectivity index (χ2n) is 7.06. The molecule has 2 unspecified atom stereocenters. The molecule has 1 amide bonds. The van der Waals surface area contributed by atoms with Gasteiger partial charge in [0.05, 0.1) is 12.0 Å². The minimum atomic E-state index is -0.103. The van der Waals surface area contributed by atoms with Crippen LogP contribution < -0.4 is 9.47 Å². The van der Waals surface area contributed by atoms with Crippen LogP contribution in [0.5, 0.6) is 11.5 Å². The van der Waals surface area contributed by atoms with Crippen LogP contribution in [0.1, 0.15) is 36.8 Å². The van der Waals surface area contributed by atoms with E-state index in [0.717, 1.165) is 11.1 Å². The summed E-state index contributed by atoms with van der Waals surface area (Å²) in [5.74, 6) is 2.35. The Morgan fingerprint density at radius 3 is 2.79 bits per heavy atom. The fourth-order valence-corrected chi connectivity index (χ4v) is 3.74. The van der Waals surface area contributed by atoms with Crippen molar-refractivity contribution in [2.45, 2.75) is 25.3 Å². The maximum atomic E-state index is 12.6. The van der Waals surface area contributed by atoms with Gasteiger partial charge in [-0.25, -0.2) is 0 Å². The van der Waals surface area contributed by atoms with Gasteiger partial charge in [-0.05, 0) is 30.7 Å². The molecule has 1 aromatic heterocycles. The minimum absolute atomic E-state index is 0.00921. The van der Waals surface area contributed by atoms with Crippen LogP contribution in [0, 0.1) is 0 Å². The maximum absolute atomic E-state index is 12.6. The number of rotatable bonds is 4. The average Bonchev–Trinajstić information content (AvgIpc) is 3.46. The molecule has 0 radical (unpaired) electrons. The SMILES string of the molecule is CC(c1ccccc1)N1CC(c2nc(-c3ccc4c(c3)OCO4)no2)CC1=O. The second kappa shape index (κ2) is 6.67. The summed E-state index contributed by atoms with van der Waals surface area (Å²) < 4.78 is 16.2. The van der Waals surface area contributed by atoms with Crippen LogP contribution in [0.2, 0.25) is 0 Å². The highest BCUT2D eigenvalue weighted by Gasteiger charge is 2.37. The molecule has 2 aromatic carbocycles. The van der Waals surface area contributed by atoms with Gasteiger partial charge in [-0.1, -0.05) is 35.5 Å². The molecule has 142 valence electrons. The largest absolute Gasteiger partial charge is 0.454 e. The number of nitrogens with zero attached hydrogens (tertiary/aromatic N) is 3. The molecule has 5 rings (SSSR count). The summed E-state index contributed by atoms with van der Waals surface area (Å²) in [4.78, 5) is 19.0. The number of hydrogen-bond donors (Lipinski definition) is 0. The highest BCUT2D eigenvalue weighted by molar-refractivity contribution is 5.80. The maximum Gasteiger partial charge on any atom is 0.232 e. The first-order valence-corrected chi connectivity index (χ1v) is 9.27. The second-order valence-corrected chi connectivity index (χ2v) is 7.06. The molecule has 0 N–H and O–H groups in total. The van der Waals surface area contributed by atoms with Gasteiger partial charge in [-0.2, -0.15) is 4.98 Å². The highest BCUT2D eigenvalue weighted by atomic mass is 16.7. The van der Waals surface area contributed by atoms with Gasteiger partial charge in [0, 0.05) is 18.5 Å². The first kappa shape index (κ1) is 16.8. The lowest BCUT2D eigenvalue weighted by atomic mass is 10.1. The minimum Gasteiger partial charge on any atom is -0.454 e. The molecule has 0 bridgehead atoms. The smallest absolute Gasteiger partial charge is 0.232 e. The van der Waals surface area contributed by atoms with Gasteiger partial charge in [-0.15, -0.1) is 0 Å². The number of ether oxygens (including phenoxy) is 2. The fraction of sp³-hybridized carbons (Fsp3) is 0.286. The molecule has 1 fully saturated rings. The number of hydrogen-bond acceptors (Lipinski definition) is 6. The zero-order valence-electron chi connectivity index (χ0n) is 15.4. The lowest BCUT2D eigenvalue weighted by molar-refractivity contribution is -0.129. The molecule has 3 aromatic rings. The summed E-state index contributed by atoms with van der Waals surface area (Å²) in [5.41, 5.74) is 1.90. The van der Waals surface area contributed by atoms with E-state index in [1.54, 1.807) is 0 Å². The Bertz CT molecular complexity index is 1020. The number of carbonyl (C=O) groups is 1. The Morgan fingerprint density at radius 2 is 1.93 bits per heavy atom. The zero-order chi connectivity index (χ0) is 19.1. The summed E-state index contributed by atoms with van der Waals surface area (Å²) in [7, 11) is 0. The third-order valence-electron chi connectivity index (χ3n) is 5.33. The van der Waals surface area contributed by atoms with Crippen molar-refractivity contribution >= 4 is 5.91 Å². The molecule has 2 aliphatic heterocycles. The molecular weight excluding hydrogens is 358 g/mol. The van der Waals surface area contributed by atoms with Crippen molar-refractivity contribution in [3.63, 3.8) is 0 Å². The van der Waals surface area contributed by atoms with Crippen LogP contribution in [0.25, 0.3) is 11.4 Å². The van der Waals surface area contributed by atoms with Crippen LogP contribution in [0.15, 0.2) is 53.1 Å². The fourth-order valence-electron chi connectivity index (χ4n) is 3.74.